The summed E-state index contributed by atoms with van der Waals surface area (Å²) in [5, 5.41) is 0. The number of hydrogen-bond acceptors (Lipinski definition) is 1. The van der Waals surface area contributed by atoms with Crippen LogP contribution < -0.4 is 0 Å². The van der Waals surface area contributed by atoms with Gasteiger partial charge in [0.25, 0.3) is 0 Å². The van der Waals surface area contributed by atoms with Gasteiger partial charge in [0.05, 0.1) is 5.60 Å². The molecule has 0 aliphatic rings. The smallest absolute Gasteiger partial charge is 0.310 e. The van der Waals surface area contributed by atoms with Crippen LogP contribution in [-0.2, 0) is 4.74 Å². The summed E-state index contributed by atoms with van der Waals surface area (Å²) in [5.74, 6) is -4.78. The maximum Gasteiger partial charge on any atom is 0.422 e. The van der Waals surface area contributed by atoms with Gasteiger partial charge in [-0.25, -0.2) is 4.39 Å². The normalized spacial score (nSPS) is 14.8. The Hall–Kier alpha value is -0.390. The van der Waals surface area contributed by atoms with Gasteiger partial charge in [-0.05, 0) is 20.8 Å². The van der Waals surface area contributed by atoms with Gasteiger partial charge in [0, 0.05) is 0 Å². The molecule has 0 amide bonds. The minimum atomic E-state index is -4.78. The second kappa shape index (κ2) is 3.40. The Morgan fingerprint density at radius 1 is 1.00 bits per heavy atom. The maximum absolute atomic E-state index is 12.5. The van der Waals surface area contributed by atoms with Crippen molar-refractivity contribution in [2.75, 3.05) is 6.67 Å². The molecule has 0 spiro atoms. The first-order chi connectivity index (χ1) is 5.52. The van der Waals surface area contributed by atoms with Gasteiger partial charge in [-0.15, -0.1) is 0 Å². The predicted octanol–water partition coefficient (Wildman–Crippen LogP) is 3.00. The Morgan fingerprint density at radius 2 is 1.38 bits per heavy atom. The summed E-state index contributed by atoms with van der Waals surface area (Å²) in [7, 11) is 0. The molecule has 0 rings (SSSR count). The average Bonchev–Trinajstić information content (AvgIpc) is 1.81. The van der Waals surface area contributed by atoms with E-state index in [0.717, 1.165) is 0 Å². The molecule has 0 aliphatic heterocycles. The Labute approximate surface area is 72.9 Å². The van der Waals surface area contributed by atoms with Crippen molar-refractivity contribution >= 4 is 0 Å². The van der Waals surface area contributed by atoms with Crippen LogP contribution >= 0.6 is 0 Å². The van der Waals surface area contributed by atoms with Gasteiger partial charge in [0.2, 0.25) is 0 Å². The second-order valence-electron chi connectivity index (χ2n) is 3.57. The molecule has 0 aromatic carbocycles. The zero-order chi connectivity index (χ0) is 10.9. The van der Waals surface area contributed by atoms with Gasteiger partial charge >= 0.3 is 12.0 Å². The zero-order valence-corrected chi connectivity index (χ0v) is 7.51. The highest BCUT2D eigenvalue weighted by molar-refractivity contribution is 4.78. The number of rotatable bonds is 3. The SMILES string of the molecule is CC(C)(C)OC(F)(F)C(F)(F)CF. The fourth-order valence-electron chi connectivity index (χ4n) is 0.537. The monoisotopic (exact) mass is 206 g/mol. The molecule has 0 saturated heterocycles. The summed E-state index contributed by atoms with van der Waals surface area (Å²) in [4.78, 5) is 0. The van der Waals surface area contributed by atoms with Crippen LogP contribution in [0.1, 0.15) is 20.8 Å². The summed E-state index contributed by atoms with van der Waals surface area (Å²) in [6.07, 6.45) is -4.78. The van der Waals surface area contributed by atoms with Crippen LogP contribution in [0.25, 0.3) is 0 Å². The lowest BCUT2D eigenvalue weighted by molar-refractivity contribution is -0.376. The standard InChI is InChI=1S/C7H11F5O/c1-5(2,3)13-7(11,12)6(9,10)4-8/h4H2,1-3H3. The van der Waals surface area contributed by atoms with Crippen LogP contribution in [-0.4, -0.2) is 24.3 Å². The van der Waals surface area contributed by atoms with Gasteiger partial charge in [-0.2, -0.15) is 17.6 Å². The lowest BCUT2D eigenvalue weighted by Crippen LogP contribution is -2.48. The molecule has 0 aromatic rings. The van der Waals surface area contributed by atoms with Gasteiger partial charge in [-0.3, -0.25) is 0 Å². The minimum Gasteiger partial charge on any atom is -0.310 e. The molecule has 0 fully saturated rings. The van der Waals surface area contributed by atoms with Crippen molar-refractivity contribution in [3.05, 3.63) is 0 Å². The van der Waals surface area contributed by atoms with E-state index in [4.69, 9.17) is 0 Å². The molecule has 0 heterocycles. The fraction of sp³-hybridized carbons (Fsp3) is 1.00. The second-order valence-corrected chi connectivity index (χ2v) is 3.57. The number of halogens is 5. The van der Waals surface area contributed by atoms with E-state index in [1.807, 2.05) is 0 Å². The highest BCUT2D eigenvalue weighted by atomic mass is 19.3. The van der Waals surface area contributed by atoms with Crippen molar-refractivity contribution in [2.24, 2.45) is 0 Å². The topological polar surface area (TPSA) is 9.23 Å². The average molecular weight is 206 g/mol. The van der Waals surface area contributed by atoms with Crippen LogP contribution in [0, 0.1) is 0 Å². The molecule has 0 aliphatic carbocycles. The number of alkyl halides is 5. The molecular formula is C7H11F5O. The molecule has 0 atom stereocenters. The van der Waals surface area contributed by atoms with Crippen LogP contribution in [0.15, 0.2) is 0 Å². The largest absolute Gasteiger partial charge is 0.422 e. The lowest BCUT2D eigenvalue weighted by Gasteiger charge is -2.30. The molecule has 0 radical (unpaired) electrons. The molecule has 0 N–H and O–H groups in total. The van der Waals surface area contributed by atoms with E-state index in [2.05, 4.69) is 4.74 Å². The van der Waals surface area contributed by atoms with Gasteiger partial charge in [0.1, 0.15) is 0 Å². The Bertz CT molecular complexity index is 172. The van der Waals surface area contributed by atoms with Crippen LogP contribution in [0.3, 0.4) is 0 Å². The van der Waals surface area contributed by atoms with Crippen LogP contribution in [0.2, 0.25) is 0 Å². The fourth-order valence-corrected chi connectivity index (χ4v) is 0.537. The molecule has 0 unspecified atom stereocenters. The molecule has 0 saturated carbocycles. The first kappa shape index (κ1) is 12.6. The highest BCUT2D eigenvalue weighted by Crippen LogP contribution is 2.38. The molecule has 6 heteroatoms. The molecule has 80 valence electrons. The summed E-state index contributed by atoms with van der Waals surface area (Å²) in [5.41, 5.74) is -1.46. The van der Waals surface area contributed by atoms with E-state index < -0.39 is 24.3 Å². The quantitative estimate of drug-likeness (QED) is 0.645. The molecule has 0 bridgehead atoms. The molecule has 0 aromatic heterocycles. The summed E-state index contributed by atoms with van der Waals surface area (Å²) in [6.45, 7) is 1.08. The number of hydrogen-bond donors (Lipinski definition) is 0. The van der Waals surface area contributed by atoms with Gasteiger partial charge in [-0.1, -0.05) is 0 Å². The van der Waals surface area contributed by atoms with E-state index >= 15 is 0 Å². The zero-order valence-electron chi connectivity index (χ0n) is 7.51. The van der Waals surface area contributed by atoms with Crippen molar-refractivity contribution < 1.29 is 26.7 Å². The molecule has 1 nitrogen and oxygen atoms in total. The first-order valence-corrected chi connectivity index (χ1v) is 3.53. The molecule has 13 heavy (non-hydrogen) atoms. The van der Waals surface area contributed by atoms with E-state index in [-0.39, 0.29) is 0 Å². The first-order valence-electron chi connectivity index (χ1n) is 3.53. The number of ether oxygens (including phenoxy) is 1. The maximum atomic E-state index is 12.5. The highest BCUT2D eigenvalue weighted by Gasteiger charge is 2.59. The van der Waals surface area contributed by atoms with E-state index in [1.54, 1.807) is 0 Å². The summed E-state index contributed by atoms with van der Waals surface area (Å²) in [6, 6.07) is 0. The summed E-state index contributed by atoms with van der Waals surface area (Å²) < 4.78 is 64.7. The van der Waals surface area contributed by atoms with E-state index in [0.29, 0.717) is 0 Å². The lowest BCUT2D eigenvalue weighted by atomic mass is 10.2. The van der Waals surface area contributed by atoms with Crippen molar-refractivity contribution in [3.63, 3.8) is 0 Å². The minimum absolute atomic E-state index is 1.18. The summed E-state index contributed by atoms with van der Waals surface area (Å²) >= 11 is 0. The van der Waals surface area contributed by atoms with E-state index in [1.165, 1.54) is 20.8 Å². The van der Waals surface area contributed by atoms with E-state index in [9.17, 15) is 22.0 Å². The van der Waals surface area contributed by atoms with Crippen molar-refractivity contribution in [3.8, 4) is 0 Å². The molecular weight excluding hydrogens is 195 g/mol. The van der Waals surface area contributed by atoms with Gasteiger partial charge in [0.15, 0.2) is 6.67 Å². The predicted molar refractivity (Wildman–Crippen MR) is 36.7 cm³/mol. The van der Waals surface area contributed by atoms with Gasteiger partial charge < -0.3 is 4.74 Å². The van der Waals surface area contributed by atoms with Crippen molar-refractivity contribution in [2.45, 2.75) is 38.4 Å². The van der Waals surface area contributed by atoms with Crippen molar-refractivity contribution in [1.29, 1.82) is 0 Å². The van der Waals surface area contributed by atoms with Crippen LogP contribution in [0.4, 0.5) is 22.0 Å². The third kappa shape index (κ3) is 3.46. The van der Waals surface area contributed by atoms with Crippen LogP contribution in [0.5, 0.6) is 0 Å². The van der Waals surface area contributed by atoms with Crippen molar-refractivity contribution in [1.82, 2.24) is 0 Å². The Morgan fingerprint density at radius 3 is 1.62 bits per heavy atom. The third-order valence-corrected chi connectivity index (χ3v) is 1.03. The third-order valence-electron chi connectivity index (χ3n) is 1.03. The Kier molecular flexibility index (Phi) is 3.30. The Balaban J connectivity index is 4.58.